The van der Waals surface area contributed by atoms with Gasteiger partial charge in [-0.15, -0.1) is 0 Å². The second-order valence-corrected chi connectivity index (χ2v) is 3.99. The molecule has 7 heteroatoms. The van der Waals surface area contributed by atoms with Crippen LogP contribution in [0.2, 0.25) is 0 Å². The molecule has 0 fully saturated rings. The minimum absolute atomic E-state index is 0.127. The molecule has 1 aromatic heterocycles. The van der Waals surface area contributed by atoms with Crippen LogP contribution < -0.4 is 15.8 Å². The van der Waals surface area contributed by atoms with E-state index in [1.807, 2.05) is 5.32 Å². The zero-order valence-corrected chi connectivity index (χ0v) is 9.20. The first-order chi connectivity index (χ1) is 7.59. The molecule has 16 heavy (non-hydrogen) atoms. The molecule has 0 radical (unpaired) electrons. The second kappa shape index (κ2) is 5.96. The number of amides is 3. The molecule has 0 aliphatic rings. The number of rotatable bonds is 4. The maximum Gasteiger partial charge on any atom is 0.318 e. The Morgan fingerprint density at radius 1 is 1.50 bits per heavy atom. The molecule has 0 saturated heterocycles. The Hall–Kier alpha value is -1.76. The van der Waals surface area contributed by atoms with E-state index in [-0.39, 0.29) is 6.42 Å². The Bertz CT molecular complexity index is 397. The lowest BCUT2D eigenvalue weighted by atomic mass is 10.4. The zero-order chi connectivity index (χ0) is 12.0. The van der Waals surface area contributed by atoms with E-state index in [2.05, 4.69) is 0 Å². The van der Waals surface area contributed by atoms with Gasteiger partial charge in [0.05, 0.1) is 0 Å². The normalized spacial score (nSPS) is 9.75. The number of nitrogens with one attached hydrogen (secondary N) is 1. The first-order valence-electron chi connectivity index (χ1n) is 4.50. The van der Waals surface area contributed by atoms with Crippen molar-refractivity contribution in [2.75, 3.05) is 5.75 Å². The second-order valence-electron chi connectivity index (χ2n) is 2.88. The van der Waals surface area contributed by atoms with Crippen molar-refractivity contribution in [3.05, 3.63) is 29.6 Å². The van der Waals surface area contributed by atoms with E-state index >= 15 is 0 Å². The van der Waals surface area contributed by atoms with Gasteiger partial charge >= 0.3 is 6.03 Å². The average Bonchev–Trinajstić information content (AvgIpc) is 2.19. The molecule has 3 amide bonds. The number of nitrogens with zero attached hydrogens (tertiary/aromatic N) is 1. The highest BCUT2D eigenvalue weighted by molar-refractivity contribution is 7.99. The lowest BCUT2D eigenvalue weighted by Crippen LogP contribution is -2.35. The summed E-state index contributed by atoms with van der Waals surface area (Å²) in [4.78, 5) is 21.3. The van der Waals surface area contributed by atoms with Gasteiger partial charge in [-0.25, -0.2) is 4.79 Å². The fourth-order valence-electron chi connectivity index (χ4n) is 0.973. The van der Waals surface area contributed by atoms with E-state index < -0.39 is 11.9 Å². The van der Waals surface area contributed by atoms with Gasteiger partial charge in [0.2, 0.25) is 5.91 Å². The van der Waals surface area contributed by atoms with Gasteiger partial charge in [-0.2, -0.15) is 4.73 Å². The van der Waals surface area contributed by atoms with E-state index in [4.69, 9.17) is 5.73 Å². The minimum atomic E-state index is -0.867. The number of primary amides is 1. The first kappa shape index (κ1) is 12.3. The smallest absolute Gasteiger partial charge is 0.318 e. The number of aromatic nitrogens is 1. The molecule has 0 bridgehead atoms. The molecule has 1 rings (SSSR count). The van der Waals surface area contributed by atoms with Gasteiger partial charge in [0.1, 0.15) is 0 Å². The molecule has 6 nitrogen and oxygen atoms in total. The van der Waals surface area contributed by atoms with Gasteiger partial charge in [0.15, 0.2) is 6.20 Å². The third kappa shape index (κ3) is 4.18. The molecular formula is C9H11N3O3S. The quantitative estimate of drug-likeness (QED) is 0.440. The standard InChI is InChI=1S/C9H11N3O3S/c10-9(14)11-7(13)4-6-16-8-3-1-2-5-12(8)15/h1-3,5H,4,6H2,(H3,10,11,13,14). The molecule has 86 valence electrons. The minimum Gasteiger partial charge on any atom is -0.618 e. The van der Waals surface area contributed by atoms with Crippen LogP contribution in [0, 0.1) is 5.21 Å². The molecular weight excluding hydrogens is 230 g/mol. The third-order valence-corrected chi connectivity index (χ3v) is 2.65. The molecule has 0 saturated carbocycles. The van der Waals surface area contributed by atoms with Crippen molar-refractivity contribution in [2.45, 2.75) is 11.4 Å². The Morgan fingerprint density at radius 3 is 2.88 bits per heavy atom. The number of thioether (sulfide) groups is 1. The highest BCUT2D eigenvalue weighted by Gasteiger charge is 2.07. The number of imide groups is 1. The fraction of sp³-hybridized carbons (Fsp3) is 0.222. The highest BCUT2D eigenvalue weighted by atomic mass is 32.2. The van der Waals surface area contributed by atoms with Crippen molar-refractivity contribution < 1.29 is 14.3 Å². The van der Waals surface area contributed by atoms with Crippen LogP contribution in [-0.4, -0.2) is 17.7 Å². The summed E-state index contributed by atoms with van der Waals surface area (Å²) in [6, 6.07) is 4.15. The number of urea groups is 1. The maximum absolute atomic E-state index is 11.2. The SMILES string of the molecule is NC(=O)NC(=O)CCSc1cccc[n+]1[O-]. The van der Waals surface area contributed by atoms with Gasteiger partial charge in [-0.3, -0.25) is 10.1 Å². The van der Waals surface area contributed by atoms with Gasteiger partial charge in [0, 0.05) is 24.3 Å². The van der Waals surface area contributed by atoms with E-state index in [0.717, 1.165) is 4.73 Å². The molecule has 0 unspecified atom stereocenters. The third-order valence-electron chi connectivity index (χ3n) is 1.63. The van der Waals surface area contributed by atoms with Crippen LogP contribution in [0.3, 0.4) is 0 Å². The van der Waals surface area contributed by atoms with Crippen molar-refractivity contribution in [3.8, 4) is 0 Å². The van der Waals surface area contributed by atoms with Crippen LogP contribution in [0.1, 0.15) is 6.42 Å². The number of nitrogens with two attached hydrogens (primary N) is 1. The largest absolute Gasteiger partial charge is 0.618 e. The molecule has 0 aliphatic carbocycles. The van der Waals surface area contributed by atoms with Crippen LogP contribution in [0.25, 0.3) is 0 Å². The van der Waals surface area contributed by atoms with Crippen LogP contribution in [0.4, 0.5) is 4.79 Å². The molecule has 1 aromatic rings. The van der Waals surface area contributed by atoms with Gasteiger partial charge in [-0.05, 0) is 6.07 Å². The lowest BCUT2D eigenvalue weighted by molar-refractivity contribution is -0.645. The molecule has 0 aromatic carbocycles. The molecule has 3 N–H and O–H groups in total. The molecule has 0 spiro atoms. The average molecular weight is 241 g/mol. The first-order valence-corrected chi connectivity index (χ1v) is 5.48. The highest BCUT2D eigenvalue weighted by Crippen LogP contribution is 2.13. The monoisotopic (exact) mass is 241 g/mol. The Morgan fingerprint density at radius 2 is 2.25 bits per heavy atom. The summed E-state index contributed by atoms with van der Waals surface area (Å²) in [6.07, 6.45) is 1.51. The molecule has 1 heterocycles. The van der Waals surface area contributed by atoms with Gasteiger partial charge in [-0.1, -0.05) is 11.8 Å². The summed E-state index contributed by atoms with van der Waals surface area (Å²) in [6.45, 7) is 0. The maximum atomic E-state index is 11.2. The lowest BCUT2D eigenvalue weighted by Gasteiger charge is -2.02. The van der Waals surface area contributed by atoms with Crippen LogP contribution >= 0.6 is 11.8 Å². The molecule has 0 aliphatic heterocycles. The summed E-state index contributed by atoms with van der Waals surface area (Å²) < 4.78 is 0.719. The zero-order valence-electron chi connectivity index (χ0n) is 8.38. The van der Waals surface area contributed by atoms with Gasteiger partial charge in [0.25, 0.3) is 5.03 Å². The Balaban J connectivity index is 2.33. The summed E-state index contributed by atoms with van der Waals surface area (Å²) in [5, 5.41) is 13.6. The van der Waals surface area contributed by atoms with Crippen molar-refractivity contribution in [2.24, 2.45) is 5.73 Å². The van der Waals surface area contributed by atoms with Crippen molar-refractivity contribution >= 4 is 23.7 Å². The summed E-state index contributed by atoms with van der Waals surface area (Å²) in [5.41, 5.74) is 4.77. The number of hydrogen-bond acceptors (Lipinski definition) is 4. The topological polar surface area (TPSA) is 99.1 Å². The Labute approximate surface area is 96.4 Å². The summed E-state index contributed by atoms with van der Waals surface area (Å²) >= 11 is 1.24. The fourth-order valence-corrected chi connectivity index (χ4v) is 1.83. The Kier molecular flexibility index (Phi) is 4.59. The number of carbonyl (C=O) groups excluding carboxylic acids is 2. The van der Waals surface area contributed by atoms with E-state index in [1.54, 1.807) is 18.2 Å². The summed E-state index contributed by atoms with van der Waals surface area (Å²) in [7, 11) is 0. The van der Waals surface area contributed by atoms with E-state index in [1.165, 1.54) is 18.0 Å². The van der Waals surface area contributed by atoms with E-state index in [9.17, 15) is 14.8 Å². The van der Waals surface area contributed by atoms with Crippen LogP contribution in [-0.2, 0) is 4.79 Å². The van der Waals surface area contributed by atoms with Crippen molar-refractivity contribution in [1.29, 1.82) is 0 Å². The summed E-state index contributed by atoms with van der Waals surface area (Å²) in [5.74, 6) is -0.0425. The van der Waals surface area contributed by atoms with E-state index in [0.29, 0.717) is 10.8 Å². The van der Waals surface area contributed by atoms with Crippen LogP contribution in [0.15, 0.2) is 29.4 Å². The van der Waals surface area contributed by atoms with Crippen LogP contribution in [0.5, 0.6) is 0 Å². The molecule has 0 atom stereocenters. The van der Waals surface area contributed by atoms with Crippen molar-refractivity contribution in [3.63, 3.8) is 0 Å². The predicted octanol–water partition coefficient (Wildman–Crippen LogP) is -0.00290. The number of pyridine rings is 1. The van der Waals surface area contributed by atoms with Gasteiger partial charge < -0.3 is 10.9 Å². The number of carbonyl (C=O) groups is 2. The number of hydrogen-bond donors (Lipinski definition) is 2. The van der Waals surface area contributed by atoms with Crippen molar-refractivity contribution in [1.82, 2.24) is 5.32 Å². The predicted molar refractivity (Wildman–Crippen MR) is 58.5 cm³/mol.